The molecule has 0 aliphatic rings. The highest BCUT2D eigenvalue weighted by atomic mass is 32.2. The molecule has 0 saturated heterocycles. The van der Waals surface area contributed by atoms with Crippen LogP contribution < -0.4 is 5.73 Å². The van der Waals surface area contributed by atoms with Gasteiger partial charge in [0.2, 0.25) is 5.91 Å². The van der Waals surface area contributed by atoms with Gasteiger partial charge in [-0.2, -0.15) is 4.68 Å². The van der Waals surface area contributed by atoms with Crippen LogP contribution >= 0.6 is 11.8 Å². The predicted molar refractivity (Wildman–Crippen MR) is 77.7 cm³/mol. The van der Waals surface area contributed by atoms with Crippen LogP contribution in [-0.4, -0.2) is 50.9 Å². The molecule has 8 heteroatoms. The molecule has 1 atom stereocenters. The molecule has 2 N–H and O–H groups in total. The molecule has 2 amide bonds. The molecule has 112 valence electrons. The number of carbonyl (C=O) groups is 2. The third-order valence-electron chi connectivity index (χ3n) is 2.49. The lowest BCUT2D eigenvalue weighted by molar-refractivity contribution is -0.117. The maximum atomic E-state index is 12.1. The van der Waals surface area contributed by atoms with E-state index in [-0.39, 0.29) is 11.4 Å². The van der Waals surface area contributed by atoms with Gasteiger partial charge in [-0.3, -0.25) is 4.79 Å². The van der Waals surface area contributed by atoms with Gasteiger partial charge in [0.15, 0.2) is 11.0 Å². The molecule has 1 unspecified atom stereocenters. The van der Waals surface area contributed by atoms with Crippen LogP contribution in [0, 0.1) is 0 Å². The largest absolute Gasteiger partial charge is 0.369 e. The lowest BCUT2D eigenvalue weighted by atomic mass is 9.96. The first-order chi connectivity index (χ1) is 9.04. The molecular weight excluding hydrogens is 278 g/mol. The van der Waals surface area contributed by atoms with Crippen LogP contribution in [0.3, 0.4) is 0 Å². The minimum atomic E-state index is -0.485. The highest BCUT2D eigenvalue weighted by Gasteiger charge is 2.27. The zero-order chi connectivity index (χ0) is 15.7. The van der Waals surface area contributed by atoms with E-state index in [4.69, 9.17) is 5.73 Å². The molecule has 0 aliphatic heterocycles. The minimum absolute atomic E-state index is 0.289. The Hall–Kier alpha value is -1.57. The summed E-state index contributed by atoms with van der Waals surface area (Å²) in [6.45, 7) is 7.54. The van der Waals surface area contributed by atoms with Crippen LogP contribution in [0.2, 0.25) is 0 Å². The van der Waals surface area contributed by atoms with Crippen LogP contribution in [0.15, 0.2) is 5.16 Å². The van der Waals surface area contributed by atoms with Gasteiger partial charge in [0.1, 0.15) is 0 Å². The number of nitrogens with zero attached hydrogens (tertiary/aromatic N) is 4. The standard InChI is InChI=1S/C12H21N5O2S/c1-7(8(13)18)20-10-14-9(12(2,3)4)15-17(10)11(19)16(5)6/h7H,1-6H3,(H2,13,18). The van der Waals surface area contributed by atoms with E-state index in [2.05, 4.69) is 10.1 Å². The first-order valence-electron chi connectivity index (χ1n) is 6.19. The number of rotatable bonds is 3. The number of hydrogen-bond donors (Lipinski definition) is 1. The molecule has 7 nitrogen and oxygen atoms in total. The number of primary amides is 1. The molecule has 0 radical (unpaired) electrons. The summed E-state index contributed by atoms with van der Waals surface area (Å²) in [5, 5.41) is 4.15. The third-order valence-corrected chi connectivity index (χ3v) is 3.56. The van der Waals surface area contributed by atoms with E-state index in [1.54, 1.807) is 21.0 Å². The molecule has 0 saturated carbocycles. The lowest BCUT2D eigenvalue weighted by Crippen LogP contribution is -2.30. The lowest BCUT2D eigenvalue weighted by Gasteiger charge is -2.13. The van der Waals surface area contributed by atoms with Crippen LogP contribution in [-0.2, 0) is 10.2 Å². The molecule has 0 aliphatic carbocycles. The van der Waals surface area contributed by atoms with Crippen molar-refractivity contribution in [3.63, 3.8) is 0 Å². The second kappa shape index (κ2) is 5.82. The maximum absolute atomic E-state index is 12.1. The van der Waals surface area contributed by atoms with E-state index in [9.17, 15) is 9.59 Å². The number of thioether (sulfide) groups is 1. The zero-order valence-corrected chi connectivity index (χ0v) is 13.5. The van der Waals surface area contributed by atoms with Crippen molar-refractivity contribution in [2.24, 2.45) is 5.73 Å². The third kappa shape index (κ3) is 3.72. The van der Waals surface area contributed by atoms with Crippen molar-refractivity contribution < 1.29 is 9.59 Å². The number of hydrogen-bond acceptors (Lipinski definition) is 5. The van der Waals surface area contributed by atoms with Crippen LogP contribution in [0.4, 0.5) is 4.79 Å². The summed E-state index contributed by atoms with van der Waals surface area (Å²) in [6.07, 6.45) is 0. The summed E-state index contributed by atoms with van der Waals surface area (Å²) in [7, 11) is 3.26. The van der Waals surface area contributed by atoms with Crippen molar-refractivity contribution in [2.75, 3.05) is 14.1 Å². The summed E-state index contributed by atoms with van der Waals surface area (Å²) in [5.74, 6) is 0.0889. The molecule has 1 rings (SSSR count). The van der Waals surface area contributed by atoms with Gasteiger partial charge in [-0.15, -0.1) is 5.10 Å². The Morgan fingerprint density at radius 3 is 2.30 bits per heavy atom. The zero-order valence-electron chi connectivity index (χ0n) is 12.7. The van der Waals surface area contributed by atoms with E-state index in [0.717, 1.165) is 11.8 Å². The SMILES string of the molecule is CC(Sc1nc(C(C)(C)C)nn1C(=O)N(C)C)C(N)=O. The highest BCUT2D eigenvalue weighted by Crippen LogP contribution is 2.26. The monoisotopic (exact) mass is 299 g/mol. The summed E-state index contributed by atoms with van der Waals surface area (Å²) in [4.78, 5) is 29.1. The second-order valence-electron chi connectivity index (χ2n) is 5.72. The first kappa shape index (κ1) is 16.5. The van der Waals surface area contributed by atoms with Crippen LogP contribution in [0.25, 0.3) is 0 Å². The van der Waals surface area contributed by atoms with Gasteiger partial charge in [0.05, 0.1) is 5.25 Å². The summed E-state index contributed by atoms with van der Waals surface area (Å²) < 4.78 is 1.21. The summed E-state index contributed by atoms with van der Waals surface area (Å²) in [5.41, 5.74) is 4.96. The van der Waals surface area contributed by atoms with Gasteiger partial charge in [0, 0.05) is 19.5 Å². The van der Waals surface area contributed by atoms with E-state index in [1.807, 2.05) is 20.8 Å². The van der Waals surface area contributed by atoms with Gasteiger partial charge in [-0.05, 0) is 6.92 Å². The molecule has 1 aromatic rings. The van der Waals surface area contributed by atoms with Crippen molar-refractivity contribution in [3.8, 4) is 0 Å². The van der Waals surface area contributed by atoms with Gasteiger partial charge in [-0.1, -0.05) is 32.5 Å². The Morgan fingerprint density at radius 2 is 1.90 bits per heavy atom. The quantitative estimate of drug-likeness (QED) is 0.843. The summed E-state index contributed by atoms with van der Waals surface area (Å²) in [6, 6.07) is -0.313. The van der Waals surface area contributed by atoms with Gasteiger partial charge >= 0.3 is 6.03 Å². The van der Waals surface area contributed by atoms with Crippen LogP contribution in [0.1, 0.15) is 33.5 Å². The minimum Gasteiger partial charge on any atom is -0.369 e. The number of carbonyl (C=O) groups excluding carboxylic acids is 2. The maximum Gasteiger partial charge on any atom is 0.346 e. The molecule has 1 heterocycles. The Bertz CT molecular complexity index is 518. The smallest absolute Gasteiger partial charge is 0.346 e. The average Bonchev–Trinajstić information content (AvgIpc) is 2.71. The molecule has 1 aromatic heterocycles. The Balaban J connectivity index is 3.22. The second-order valence-corrected chi connectivity index (χ2v) is 7.03. The fourth-order valence-corrected chi connectivity index (χ4v) is 2.01. The number of amides is 2. The van der Waals surface area contributed by atoms with Crippen LogP contribution in [0.5, 0.6) is 0 Å². The van der Waals surface area contributed by atoms with Crippen molar-refractivity contribution >= 4 is 23.7 Å². The van der Waals surface area contributed by atoms with E-state index in [0.29, 0.717) is 11.0 Å². The van der Waals surface area contributed by atoms with E-state index < -0.39 is 11.2 Å². The molecule has 0 spiro atoms. The Kier molecular flexibility index (Phi) is 4.80. The summed E-state index contributed by atoms with van der Waals surface area (Å²) >= 11 is 1.13. The van der Waals surface area contributed by atoms with Gasteiger partial charge in [0.25, 0.3) is 0 Å². The fraction of sp³-hybridized carbons (Fsp3) is 0.667. The first-order valence-corrected chi connectivity index (χ1v) is 7.07. The average molecular weight is 299 g/mol. The normalized spacial score (nSPS) is 13.1. The van der Waals surface area contributed by atoms with Crippen molar-refractivity contribution in [3.05, 3.63) is 5.82 Å². The van der Waals surface area contributed by atoms with Gasteiger partial charge < -0.3 is 10.6 Å². The van der Waals surface area contributed by atoms with Gasteiger partial charge in [-0.25, -0.2) is 9.78 Å². The number of aromatic nitrogens is 3. The Morgan fingerprint density at radius 1 is 1.35 bits per heavy atom. The fourth-order valence-electron chi connectivity index (χ4n) is 1.22. The van der Waals surface area contributed by atoms with Crippen molar-refractivity contribution in [1.82, 2.24) is 19.7 Å². The van der Waals surface area contributed by atoms with Crippen molar-refractivity contribution in [2.45, 2.75) is 43.5 Å². The molecular formula is C12H21N5O2S. The topological polar surface area (TPSA) is 94.1 Å². The van der Waals surface area contributed by atoms with E-state index in [1.165, 1.54) is 9.58 Å². The molecule has 0 bridgehead atoms. The molecule has 20 heavy (non-hydrogen) atoms. The Labute approximate surface area is 122 Å². The van der Waals surface area contributed by atoms with Crippen molar-refractivity contribution in [1.29, 1.82) is 0 Å². The predicted octanol–water partition coefficient (Wildman–Crippen LogP) is 1.07. The van der Waals surface area contributed by atoms with E-state index >= 15 is 0 Å². The molecule has 0 fully saturated rings. The highest BCUT2D eigenvalue weighted by molar-refractivity contribution is 8.00. The number of nitrogens with two attached hydrogens (primary N) is 1. The molecule has 0 aromatic carbocycles.